The van der Waals surface area contributed by atoms with Crippen molar-refractivity contribution in [1.82, 2.24) is 35.6 Å². The number of aryl methyl sites for hydroxylation is 1. The molecule has 0 saturated carbocycles. The van der Waals surface area contributed by atoms with Crippen molar-refractivity contribution in [1.29, 1.82) is 0 Å². The quantitative estimate of drug-likeness (QED) is 0.0483. The summed E-state index contributed by atoms with van der Waals surface area (Å²) in [5.74, 6) is 0.0885. The van der Waals surface area contributed by atoms with Crippen molar-refractivity contribution < 1.29 is 38.8 Å². The summed E-state index contributed by atoms with van der Waals surface area (Å²) in [6, 6.07) is 31.5. The minimum absolute atomic E-state index is 0.0864. The highest BCUT2D eigenvalue weighted by Gasteiger charge is 2.37. The molecule has 16 heteroatoms. The number of ether oxygens (including phenoxy) is 3. The van der Waals surface area contributed by atoms with E-state index in [1.807, 2.05) is 54.6 Å². The predicted octanol–water partition coefficient (Wildman–Crippen LogP) is 5.26. The molecule has 0 unspecified atom stereocenters. The number of fused-ring (bicyclic) bond motifs is 4. The van der Waals surface area contributed by atoms with Crippen LogP contribution >= 0.6 is 0 Å². The van der Waals surface area contributed by atoms with Gasteiger partial charge in [-0.1, -0.05) is 60.7 Å². The zero-order valence-corrected chi connectivity index (χ0v) is 36.1. The molecule has 338 valence electrons. The minimum Gasteiger partial charge on any atom is -0.506 e. The molecule has 4 aromatic carbocycles. The number of aliphatic hydroxyl groups excluding tert-OH is 1. The number of esters is 1. The van der Waals surface area contributed by atoms with Crippen molar-refractivity contribution in [2.24, 2.45) is 13.0 Å². The van der Waals surface area contributed by atoms with Crippen molar-refractivity contribution in [3.05, 3.63) is 159 Å². The Morgan fingerprint density at radius 1 is 0.923 bits per heavy atom. The Kier molecular flexibility index (Phi) is 14.2. The summed E-state index contributed by atoms with van der Waals surface area (Å²) in [6.07, 6.45) is 1.03. The van der Waals surface area contributed by atoms with Crippen molar-refractivity contribution in [3.63, 3.8) is 0 Å². The first-order chi connectivity index (χ1) is 31.6. The third kappa shape index (κ3) is 11.2. The van der Waals surface area contributed by atoms with Crippen LogP contribution in [0.1, 0.15) is 80.2 Å². The maximum atomic E-state index is 13.2. The van der Waals surface area contributed by atoms with Gasteiger partial charge in [0.15, 0.2) is 0 Å². The van der Waals surface area contributed by atoms with Crippen LogP contribution in [0.3, 0.4) is 0 Å². The highest BCUT2D eigenvalue weighted by atomic mass is 16.6. The summed E-state index contributed by atoms with van der Waals surface area (Å²) in [5.41, 5.74) is 4.38. The molecule has 0 spiro atoms. The number of aromatic nitrogens is 3. The van der Waals surface area contributed by atoms with E-state index in [0.717, 1.165) is 49.2 Å². The summed E-state index contributed by atoms with van der Waals surface area (Å²) >= 11 is 0. The number of aromatic hydroxyl groups is 1. The number of alkyl carbamates (subject to hydrolysis) is 1. The molecular formula is C49H53N7O9. The number of nitrogens with zero attached hydrogens (tertiary/aromatic N) is 3. The highest BCUT2D eigenvalue weighted by molar-refractivity contribution is 5.92. The summed E-state index contributed by atoms with van der Waals surface area (Å²) in [6.45, 7) is 4.01. The monoisotopic (exact) mass is 883 g/mol. The number of piperidine rings is 3. The van der Waals surface area contributed by atoms with Crippen LogP contribution in [0.5, 0.6) is 11.5 Å². The van der Waals surface area contributed by atoms with Gasteiger partial charge < -0.3 is 45.4 Å². The van der Waals surface area contributed by atoms with Gasteiger partial charge in [-0.05, 0) is 103 Å². The fourth-order valence-electron chi connectivity index (χ4n) is 8.42. The number of carbonyl (C=O) groups excluding carboxylic acids is 3. The molecule has 6 aromatic rings. The lowest BCUT2D eigenvalue weighted by Gasteiger charge is -2.43. The molecule has 3 aliphatic rings. The average Bonchev–Trinajstić information content (AvgIpc) is 3.70. The molecule has 3 saturated heterocycles. The number of hydrogen-bond acceptors (Lipinski definition) is 12. The number of H-pyrrole nitrogens is 1. The lowest BCUT2D eigenvalue weighted by atomic mass is 9.86. The van der Waals surface area contributed by atoms with Gasteiger partial charge in [0, 0.05) is 44.7 Å². The zero-order chi connectivity index (χ0) is 45.3. The number of carbonyl (C=O) groups is 3. The van der Waals surface area contributed by atoms with Crippen LogP contribution in [-0.2, 0) is 29.7 Å². The molecule has 3 aliphatic heterocycles. The van der Waals surface area contributed by atoms with E-state index in [1.54, 1.807) is 54.2 Å². The number of hydrogen-bond donors (Lipinski definition) is 6. The van der Waals surface area contributed by atoms with Gasteiger partial charge in [0.05, 0.1) is 35.5 Å². The number of phenolic OH excluding ortho intramolecular Hbond substituents is 1. The van der Waals surface area contributed by atoms with Gasteiger partial charge >= 0.3 is 12.1 Å². The molecular weight excluding hydrogens is 831 g/mol. The molecule has 2 amide bonds. The smallest absolute Gasteiger partial charge is 0.408 e. The Morgan fingerprint density at radius 2 is 1.71 bits per heavy atom. The van der Waals surface area contributed by atoms with Crippen molar-refractivity contribution in [2.45, 2.75) is 50.7 Å². The summed E-state index contributed by atoms with van der Waals surface area (Å²) in [5, 5.41) is 34.9. The molecule has 6 N–H and O–H groups in total. The molecule has 16 nitrogen and oxygen atoms in total. The second kappa shape index (κ2) is 20.7. The fraction of sp³-hybridized carbons (Fsp3) is 0.327. The third-order valence-electron chi connectivity index (χ3n) is 12.0. The highest BCUT2D eigenvalue weighted by Crippen LogP contribution is 2.31. The maximum Gasteiger partial charge on any atom is 0.408 e. The van der Waals surface area contributed by atoms with E-state index in [2.05, 4.69) is 30.9 Å². The van der Waals surface area contributed by atoms with Gasteiger partial charge in [0.1, 0.15) is 29.9 Å². The van der Waals surface area contributed by atoms with E-state index in [1.165, 1.54) is 12.1 Å². The van der Waals surface area contributed by atoms with Crippen LogP contribution in [0.15, 0.2) is 114 Å². The maximum absolute atomic E-state index is 13.2. The number of benzene rings is 4. The van der Waals surface area contributed by atoms with Gasteiger partial charge in [0.25, 0.3) is 5.91 Å². The van der Waals surface area contributed by atoms with Crippen LogP contribution in [0.25, 0.3) is 10.9 Å². The molecule has 9 rings (SSSR count). The number of phenols is 1. The van der Waals surface area contributed by atoms with E-state index in [-0.39, 0.29) is 60.8 Å². The molecule has 5 heterocycles. The Balaban J connectivity index is 0.755. The molecule has 0 radical (unpaired) electrons. The normalized spacial score (nSPS) is 17.5. The first-order valence-corrected chi connectivity index (χ1v) is 21.9. The number of rotatable bonds is 18. The molecule has 2 aromatic heterocycles. The van der Waals surface area contributed by atoms with Crippen LogP contribution in [-0.4, -0.2) is 93.3 Å². The van der Waals surface area contributed by atoms with E-state index in [0.29, 0.717) is 46.8 Å². The standard InChI is InChI=1S/C49H53N7O9/c1-55-36(27-50-28-42(58)38-15-17-41(57)46-39(38)16-18-44(59)52-46)26-40(54-55)47(60)51-21-6-24-63-48(61)34-13-11-31(12-14-34)30-64-37-10-5-9-35(25-37)45(33-7-3-2-4-8-33)53-49(62)65-43-29-56-22-19-32(43)20-23-56/h2-5,7-18,25-26,32,42-43,45,50,57-58H,6,19-24,27-30H2,1H3,(H,51,60)(H,52,59)(H,53,62)/t42-,43-,45-/m0/s1. The third-order valence-corrected chi connectivity index (χ3v) is 12.0. The topological polar surface area (TPSA) is 209 Å². The average molecular weight is 884 g/mol. The van der Waals surface area contributed by atoms with E-state index < -0.39 is 24.2 Å². The summed E-state index contributed by atoms with van der Waals surface area (Å²) < 4.78 is 19.2. The van der Waals surface area contributed by atoms with Crippen molar-refractivity contribution in [2.75, 3.05) is 39.3 Å². The number of aliphatic hydroxyl groups is 1. The number of pyridine rings is 1. The van der Waals surface area contributed by atoms with Gasteiger partial charge in [-0.15, -0.1) is 0 Å². The lowest BCUT2D eigenvalue weighted by molar-refractivity contribution is -0.0336. The Labute approximate surface area is 375 Å². The molecule has 3 fully saturated rings. The minimum atomic E-state index is -0.938. The zero-order valence-electron chi connectivity index (χ0n) is 36.1. The van der Waals surface area contributed by atoms with Crippen molar-refractivity contribution in [3.8, 4) is 11.5 Å². The van der Waals surface area contributed by atoms with Gasteiger partial charge in [-0.25, -0.2) is 9.59 Å². The van der Waals surface area contributed by atoms with Crippen molar-refractivity contribution >= 4 is 28.9 Å². The Bertz CT molecular complexity index is 2660. The van der Waals surface area contributed by atoms with Crippen LogP contribution in [0.2, 0.25) is 0 Å². The number of nitrogens with one attached hydrogen (secondary N) is 4. The first kappa shape index (κ1) is 44.6. The van der Waals surface area contributed by atoms with Gasteiger partial charge in [-0.2, -0.15) is 5.10 Å². The van der Waals surface area contributed by atoms with E-state index in [9.17, 15) is 29.4 Å². The van der Waals surface area contributed by atoms with E-state index >= 15 is 0 Å². The van der Waals surface area contributed by atoms with Gasteiger partial charge in [-0.3, -0.25) is 19.2 Å². The predicted molar refractivity (Wildman–Crippen MR) is 241 cm³/mol. The number of amides is 2. The lowest BCUT2D eigenvalue weighted by Crippen LogP contribution is -2.52. The second-order valence-corrected chi connectivity index (χ2v) is 16.4. The van der Waals surface area contributed by atoms with Gasteiger partial charge in [0.2, 0.25) is 5.56 Å². The number of aromatic amines is 1. The fourth-order valence-corrected chi connectivity index (χ4v) is 8.42. The summed E-state index contributed by atoms with van der Waals surface area (Å²) in [4.78, 5) is 55.5. The van der Waals surface area contributed by atoms with Crippen LogP contribution in [0.4, 0.5) is 4.79 Å². The van der Waals surface area contributed by atoms with Crippen LogP contribution in [0, 0.1) is 5.92 Å². The first-order valence-electron chi connectivity index (χ1n) is 21.9. The van der Waals surface area contributed by atoms with E-state index in [4.69, 9.17) is 14.2 Å². The second-order valence-electron chi connectivity index (χ2n) is 16.4. The largest absolute Gasteiger partial charge is 0.506 e. The Hall–Kier alpha value is -7.01. The van der Waals surface area contributed by atoms with Crippen LogP contribution < -0.4 is 26.2 Å². The molecule has 65 heavy (non-hydrogen) atoms. The molecule has 3 atom stereocenters. The molecule has 2 bridgehead atoms. The Morgan fingerprint density at radius 3 is 2.48 bits per heavy atom. The molecule has 0 aliphatic carbocycles. The SMILES string of the molecule is Cn1nc(C(=O)NCCCOC(=O)c2ccc(COc3cccc([C@@H](NC(=O)O[C@H]4CN5CCC4CC5)c4ccccc4)c3)cc2)cc1CNC[C@H](O)c1ccc(O)c2[nH]c(=O)ccc12. The summed E-state index contributed by atoms with van der Waals surface area (Å²) in [7, 11) is 1.72.